The molecule has 0 saturated carbocycles. The van der Waals surface area contributed by atoms with Gasteiger partial charge in [-0.05, 0) is 53.2 Å². The Morgan fingerprint density at radius 2 is 2.41 bits per heavy atom. The molecule has 1 aromatic heterocycles. The molecule has 94 valence electrons. The largest absolute Gasteiger partial charge is 0.444 e. The van der Waals surface area contributed by atoms with Gasteiger partial charge in [-0.25, -0.2) is 0 Å². The Balaban J connectivity index is 1.99. The Morgan fingerprint density at radius 3 is 3.06 bits per heavy atom. The fourth-order valence-electron chi connectivity index (χ4n) is 2.22. The first kappa shape index (κ1) is 13.0. The van der Waals surface area contributed by atoms with Crippen molar-refractivity contribution >= 4 is 33.4 Å². The SMILES string of the molecule is O=C(c1ccc(Br)o1)N1CCCC(CCCl)C1. The molecule has 1 atom stereocenters. The third-order valence-electron chi connectivity index (χ3n) is 3.11. The molecular weight excluding hydrogens is 305 g/mol. The highest BCUT2D eigenvalue weighted by atomic mass is 79.9. The minimum atomic E-state index is -0.0185. The zero-order valence-corrected chi connectivity index (χ0v) is 11.8. The van der Waals surface area contributed by atoms with Gasteiger partial charge in [-0.15, -0.1) is 11.6 Å². The normalized spacial score (nSPS) is 20.6. The molecule has 0 spiro atoms. The summed E-state index contributed by atoms with van der Waals surface area (Å²) in [6, 6.07) is 3.45. The van der Waals surface area contributed by atoms with Crippen LogP contribution >= 0.6 is 27.5 Å². The smallest absolute Gasteiger partial charge is 0.289 e. The molecule has 17 heavy (non-hydrogen) atoms. The standard InChI is InChI=1S/C12H15BrClNO2/c13-11-4-3-10(17-11)12(16)15-7-1-2-9(8-15)5-6-14/h3-4,9H,1-2,5-8H2. The van der Waals surface area contributed by atoms with Gasteiger partial charge in [0.2, 0.25) is 0 Å². The molecule has 0 aliphatic carbocycles. The summed E-state index contributed by atoms with van der Waals surface area (Å²) >= 11 is 8.96. The van der Waals surface area contributed by atoms with Crippen LogP contribution in [0.1, 0.15) is 29.8 Å². The zero-order chi connectivity index (χ0) is 12.3. The highest BCUT2D eigenvalue weighted by Gasteiger charge is 2.25. The van der Waals surface area contributed by atoms with E-state index in [1.165, 1.54) is 6.42 Å². The molecular formula is C12H15BrClNO2. The van der Waals surface area contributed by atoms with Crippen molar-refractivity contribution in [3.8, 4) is 0 Å². The molecule has 3 nitrogen and oxygen atoms in total. The van der Waals surface area contributed by atoms with E-state index in [9.17, 15) is 4.79 Å². The molecule has 2 rings (SSSR count). The van der Waals surface area contributed by atoms with Crippen molar-refractivity contribution in [3.05, 3.63) is 22.6 Å². The van der Waals surface area contributed by atoms with Crippen LogP contribution in [0.3, 0.4) is 0 Å². The van der Waals surface area contributed by atoms with Gasteiger partial charge in [0, 0.05) is 19.0 Å². The summed E-state index contributed by atoms with van der Waals surface area (Å²) in [6.45, 7) is 1.61. The summed E-state index contributed by atoms with van der Waals surface area (Å²) in [6.07, 6.45) is 3.20. The number of rotatable bonds is 3. The van der Waals surface area contributed by atoms with Crippen LogP contribution in [-0.4, -0.2) is 29.8 Å². The van der Waals surface area contributed by atoms with Gasteiger partial charge in [0.15, 0.2) is 10.4 Å². The Hall–Kier alpha value is -0.480. The van der Waals surface area contributed by atoms with Crippen molar-refractivity contribution < 1.29 is 9.21 Å². The lowest BCUT2D eigenvalue weighted by atomic mass is 9.95. The maximum absolute atomic E-state index is 12.1. The fraction of sp³-hybridized carbons (Fsp3) is 0.583. The van der Waals surface area contributed by atoms with Gasteiger partial charge in [-0.3, -0.25) is 4.79 Å². The maximum atomic E-state index is 12.1. The van der Waals surface area contributed by atoms with Crippen molar-refractivity contribution in [2.45, 2.75) is 19.3 Å². The lowest BCUT2D eigenvalue weighted by Gasteiger charge is -2.31. The van der Waals surface area contributed by atoms with E-state index >= 15 is 0 Å². The fourth-order valence-corrected chi connectivity index (χ4v) is 2.84. The summed E-state index contributed by atoms with van der Waals surface area (Å²) in [5.74, 6) is 1.58. The second-order valence-electron chi connectivity index (χ2n) is 4.34. The van der Waals surface area contributed by atoms with Crippen molar-refractivity contribution in [2.75, 3.05) is 19.0 Å². The number of hydrogen-bond donors (Lipinski definition) is 0. The third-order valence-corrected chi connectivity index (χ3v) is 3.75. The first-order chi connectivity index (χ1) is 8.20. The highest BCUT2D eigenvalue weighted by molar-refractivity contribution is 9.10. The number of amides is 1. The molecule has 1 aromatic rings. The van der Waals surface area contributed by atoms with Crippen LogP contribution in [0, 0.1) is 5.92 Å². The molecule has 0 N–H and O–H groups in total. The Kier molecular flexibility index (Phi) is 4.51. The molecule has 0 aromatic carbocycles. The van der Waals surface area contributed by atoms with Crippen molar-refractivity contribution in [3.63, 3.8) is 0 Å². The number of furan rings is 1. The van der Waals surface area contributed by atoms with Crippen LogP contribution in [0.5, 0.6) is 0 Å². The van der Waals surface area contributed by atoms with Crippen LogP contribution in [0.25, 0.3) is 0 Å². The lowest BCUT2D eigenvalue weighted by Crippen LogP contribution is -2.39. The zero-order valence-electron chi connectivity index (χ0n) is 9.49. The molecule has 2 heterocycles. The van der Waals surface area contributed by atoms with E-state index in [2.05, 4.69) is 15.9 Å². The summed E-state index contributed by atoms with van der Waals surface area (Å²) < 4.78 is 5.89. The highest BCUT2D eigenvalue weighted by Crippen LogP contribution is 2.23. The van der Waals surface area contributed by atoms with Crippen molar-refractivity contribution in [2.24, 2.45) is 5.92 Å². The molecule has 0 bridgehead atoms. The monoisotopic (exact) mass is 319 g/mol. The van der Waals surface area contributed by atoms with Gasteiger partial charge in [0.1, 0.15) is 0 Å². The number of hydrogen-bond acceptors (Lipinski definition) is 2. The Labute approximate surface area is 114 Å². The average Bonchev–Trinajstić information content (AvgIpc) is 2.76. The van der Waals surface area contributed by atoms with Gasteiger partial charge >= 0.3 is 0 Å². The second-order valence-corrected chi connectivity index (χ2v) is 5.50. The van der Waals surface area contributed by atoms with E-state index in [-0.39, 0.29) is 5.91 Å². The van der Waals surface area contributed by atoms with Crippen LogP contribution in [0.15, 0.2) is 21.2 Å². The van der Waals surface area contributed by atoms with E-state index < -0.39 is 0 Å². The Bertz CT molecular complexity index is 392. The summed E-state index contributed by atoms with van der Waals surface area (Å²) in [5.41, 5.74) is 0. The van der Waals surface area contributed by atoms with E-state index in [1.54, 1.807) is 12.1 Å². The molecule has 1 amide bonds. The van der Waals surface area contributed by atoms with Crippen LogP contribution in [0.4, 0.5) is 0 Å². The van der Waals surface area contributed by atoms with Crippen LogP contribution in [-0.2, 0) is 0 Å². The summed E-state index contributed by atoms with van der Waals surface area (Å²) in [7, 11) is 0. The molecule has 1 aliphatic rings. The lowest BCUT2D eigenvalue weighted by molar-refractivity contribution is 0.0638. The number of carbonyl (C=O) groups is 1. The Morgan fingerprint density at radius 1 is 1.59 bits per heavy atom. The molecule has 1 saturated heterocycles. The molecule has 0 radical (unpaired) electrons. The predicted octanol–water partition coefficient (Wildman–Crippen LogP) is 3.52. The van der Waals surface area contributed by atoms with Crippen molar-refractivity contribution in [1.82, 2.24) is 4.90 Å². The van der Waals surface area contributed by atoms with E-state index in [4.69, 9.17) is 16.0 Å². The quantitative estimate of drug-likeness (QED) is 0.798. The minimum absolute atomic E-state index is 0.0185. The number of piperidine rings is 1. The summed E-state index contributed by atoms with van der Waals surface area (Å²) in [5, 5.41) is 0. The van der Waals surface area contributed by atoms with Crippen LogP contribution in [0.2, 0.25) is 0 Å². The molecule has 5 heteroatoms. The van der Waals surface area contributed by atoms with Gasteiger partial charge < -0.3 is 9.32 Å². The minimum Gasteiger partial charge on any atom is -0.444 e. The second kappa shape index (κ2) is 5.91. The van der Waals surface area contributed by atoms with Gasteiger partial charge in [0.25, 0.3) is 5.91 Å². The number of alkyl halides is 1. The van der Waals surface area contributed by atoms with E-state index in [0.29, 0.717) is 22.2 Å². The number of nitrogens with zero attached hydrogens (tertiary/aromatic N) is 1. The number of carbonyl (C=O) groups excluding carboxylic acids is 1. The summed E-state index contributed by atoms with van der Waals surface area (Å²) in [4.78, 5) is 14.0. The van der Waals surface area contributed by atoms with E-state index in [1.807, 2.05) is 4.90 Å². The molecule has 1 fully saturated rings. The first-order valence-electron chi connectivity index (χ1n) is 5.81. The number of halogens is 2. The third kappa shape index (κ3) is 3.26. The molecule has 1 unspecified atom stereocenters. The van der Waals surface area contributed by atoms with Gasteiger partial charge in [-0.1, -0.05) is 0 Å². The average molecular weight is 321 g/mol. The first-order valence-corrected chi connectivity index (χ1v) is 7.14. The maximum Gasteiger partial charge on any atom is 0.289 e. The van der Waals surface area contributed by atoms with Crippen molar-refractivity contribution in [1.29, 1.82) is 0 Å². The molecule has 1 aliphatic heterocycles. The topological polar surface area (TPSA) is 33.5 Å². The van der Waals surface area contributed by atoms with E-state index in [0.717, 1.165) is 25.9 Å². The van der Waals surface area contributed by atoms with Crippen LogP contribution < -0.4 is 0 Å². The predicted molar refractivity (Wildman–Crippen MR) is 70.4 cm³/mol. The number of likely N-dealkylation sites (tertiary alicyclic amines) is 1. The van der Waals surface area contributed by atoms with Gasteiger partial charge in [0.05, 0.1) is 0 Å². The van der Waals surface area contributed by atoms with Gasteiger partial charge in [-0.2, -0.15) is 0 Å².